The molecule has 0 saturated heterocycles. The monoisotopic (exact) mass is 357 g/mol. The van der Waals surface area contributed by atoms with E-state index in [1.54, 1.807) is 12.1 Å². The molecule has 0 bridgehead atoms. The molecular weight excluding hydrogens is 330 g/mol. The second-order valence-electron chi connectivity index (χ2n) is 5.77. The molecule has 0 spiro atoms. The molecule has 2 rings (SSSR count). The van der Waals surface area contributed by atoms with Gasteiger partial charge in [0.2, 0.25) is 0 Å². The Kier molecular flexibility index (Phi) is 9.08. The van der Waals surface area contributed by atoms with Gasteiger partial charge in [0, 0.05) is 12.2 Å². The van der Waals surface area contributed by atoms with Gasteiger partial charge in [-0.15, -0.1) is 0 Å². The van der Waals surface area contributed by atoms with E-state index in [0.717, 1.165) is 30.8 Å². The lowest BCUT2D eigenvalue weighted by Gasteiger charge is -2.09. The Morgan fingerprint density at radius 2 is 1.65 bits per heavy atom. The normalized spacial score (nSPS) is 10.3. The highest BCUT2D eigenvalue weighted by molar-refractivity contribution is 5.89. The van der Waals surface area contributed by atoms with Crippen LogP contribution < -0.4 is 10.1 Å². The lowest BCUT2D eigenvalue weighted by Crippen LogP contribution is -2.13. The Labute approximate surface area is 155 Å². The predicted octanol–water partition coefficient (Wildman–Crippen LogP) is 4.15. The molecule has 2 aromatic rings. The fourth-order valence-corrected chi connectivity index (χ4v) is 2.25. The minimum absolute atomic E-state index is 0.223. The maximum Gasteiger partial charge on any atom is 0.338 e. The number of esters is 1. The summed E-state index contributed by atoms with van der Waals surface area (Å²) in [5, 5.41) is 3.31. The zero-order valence-electron chi connectivity index (χ0n) is 15.3. The van der Waals surface area contributed by atoms with E-state index >= 15 is 0 Å². The van der Waals surface area contributed by atoms with E-state index in [0.29, 0.717) is 25.4 Å². The summed E-state index contributed by atoms with van der Waals surface area (Å²) < 4.78 is 16.1. The third-order valence-corrected chi connectivity index (χ3v) is 3.68. The second kappa shape index (κ2) is 11.9. The van der Waals surface area contributed by atoms with Crippen LogP contribution in [0.15, 0.2) is 54.6 Å². The van der Waals surface area contributed by atoms with Crippen LogP contribution in [0, 0.1) is 0 Å². The Bertz CT molecular complexity index is 628. The molecule has 0 atom stereocenters. The van der Waals surface area contributed by atoms with Gasteiger partial charge in [0.15, 0.2) is 0 Å². The first-order valence-electron chi connectivity index (χ1n) is 9.06. The molecule has 0 amide bonds. The van der Waals surface area contributed by atoms with Gasteiger partial charge in [0.1, 0.15) is 19.0 Å². The topological polar surface area (TPSA) is 56.8 Å². The van der Waals surface area contributed by atoms with Crippen molar-refractivity contribution in [1.82, 2.24) is 0 Å². The summed E-state index contributed by atoms with van der Waals surface area (Å²) in [6, 6.07) is 16.9. The molecule has 0 aromatic heterocycles. The van der Waals surface area contributed by atoms with Crippen molar-refractivity contribution in [3.8, 4) is 5.75 Å². The molecule has 0 aliphatic heterocycles. The van der Waals surface area contributed by atoms with Gasteiger partial charge in [-0.25, -0.2) is 4.79 Å². The summed E-state index contributed by atoms with van der Waals surface area (Å²) in [4.78, 5) is 12.0. The third-order valence-electron chi connectivity index (χ3n) is 3.68. The molecule has 0 aliphatic carbocycles. The number of carbonyl (C=O) groups excluding carboxylic acids is 1. The van der Waals surface area contributed by atoms with E-state index in [-0.39, 0.29) is 12.6 Å². The summed E-state index contributed by atoms with van der Waals surface area (Å²) in [5.74, 6) is 0.476. The summed E-state index contributed by atoms with van der Waals surface area (Å²) in [6.07, 6.45) is 2.28. The fraction of sp³-hybridized carbons (Fsp3) is 0.381. The first-order chi connectivity index (χ1) is 12.8. The molecule has 26 heavy (non-hydrogen) atoms. The lowest BCUT2D eigenvalue weighted by atomic mass is 10.2. The molecule has 140 valence electrons. The number of rotatable bonds is 12. The smallest absolute Gasteiger partial charge is 0.338 e. The Balaban J connectivity index is 1.55. The molecular formula is C21H27NO4. The minimum atomic E-state index is -0.339. The predicted molar refractivity (Wildman–Crippen MR) is 103 cm³/mol. The van der Waals surface area contributed by atoms with Crippen molar-refractivity contribution in [2.75, 3.05) is 38.3 Å². The van der Waals surface area contributed by atoms with Crippen molar-refractivity contribution in [1.29, 1.82) is 0 Å². The quantitative estimate of drug-likeness (QED) is 0.457. The van der Waals surface area contributed by atoms with Gasteiger partial charge >= 0.3 is 5.97 Å². The summed E-state index contributed by atoms with van der Waals surface area (Å²) >= 11 is 0. The number of unbranched alkanes of at least 4 members (excludes halogenated alkanes) is 1. The average molecular weight is 357 g/mol. The van der Waals surface area contributed by atoms with Gasteiger partial charge < -0.3 is 19.5 Å². The van der Waals surface area contributed by atoms with Crippen LogP contribution in [-0.4, -0.2) is 38.9 Å². The molecule has 5 nitrogen and oxygen atoms in total. The van der Waals surface area contributed by atoms with Gasteiger partial charge in [0.05, 0.1) is 18.8 Å². The van der Waals surface area contributed by atoms with Crippen LogP contribution in [0.4, 0.5) is 5.69 Å². The number of carbonyl (C=O) groups is 1. The molecule has 0 unspecified atom stereocenters. The van der Waals surface area contributed by atoms with Crippen LogP contribution in [0.1, 0.15) is 30.1 Å². The molecule has 0 saturated carbocycles. The van der Waals surface area contributed by atoms with E-state index < -0.39 is 0 Å². The largest absolute Gasteiger partial charge is 0.491 e. The number of para-hydroxylation sites is 1. The number of nitrogens with one attached hydrogen (secondary N) is 1. The first-order valence-corrected chi connectivity index (χ1v) is 9.06. The molecule has 0 heterocycles. The highest BCUT2D eigenvalue weighted by Crippen LogP contribution is 2.11. The number of benzene rings is 2. The number of hydrogen-bond donors (Lipinski definition) is 1. The minimum Gasteiger partial charge on any atom is -0.491 e. The van der Waals surface area contributed by atoms with E-state index in [4.69, 9.17) is 14.2 Å². The van der Waals surface area contributed by atoms with Gasteiger partial charge in [0.25, 0.3) is 0 Å². The van der Waals surface area contributed by atoms with E-state index in [2.05, 4.69) is 12.2 Å². The van der Waals surface area contributed by atoms with Crippen LogP contribution >= 0.6 is 0 Å². The number of ether oxygens (including phenoxy) is 3. The van der Waals surface area contributed by atoms with Crippen molar-refractivity contribution < 1.29 is 19.0 Å². The maximum atomic E-state index is 12.0. The van der Waals surface area contributed by atoms with Crippen molar-refractivity contribution in [3.63, 3.8) is 0 Å². The van der Waals surface area contributed by atoms with Crippen molar-refractivity contribution in [2.24, 2.45) is 0 Å². The maximum absolute atomic E-state index is 12.0. The summed E-state index contributed by atoms with van der Waals surface area (Å²) in [6.45, 7) is 4.57. The Hall–Kier alpha value is -2.53. The molecule has 0 fully saturated rings. The van der Waals surface area contributed by atoms with Gasteiger partial charge in [-0.05, 0) is 42.8 Å². The second-order valence-corrected chi connectivity index (χ2v) is 5.77. The van der Waals surface area contributed by atoms with Gasteiger partial charge in [-0.1, -0.05) is 31.5 Å². The zero-order valence-corrected chi connectivity index (χ0v) is 15.3. The SMILES string of the molecule is CCCCNc1ccc(C(=O)OCCOCCOc2ccccc2)cc1. The Morgan fingerprint density at radius 1 is 0.923 bits per heavy atom. The third kappa shape index (κ3) is 7.57. The Morgan fingerprint density at radius 3 is 2.38 bits per heavy atom. The molecule has 2 aromatic carbocycles. The van der Waals surface area contributed by atoms with Crippen molar-refractivity contribution in [3.05, 3.63) is 60.2 Å². The van der Waals surface area contributed by atoms with Gasteiger partial charge in [-0.2, -0.15) is 0 Å². The summed E-state index contributed by atoms with van der Waals surface area (Å²) in [7, 11) is 0. The molecule has 0 aliphatic rings. The highest BCUT2D eigenvalue weighted by Gasteiger charge is 2.06. The van der Waals surface area contributed by atoms with Crippen molar-refractivity contribution in [2.45, 2.75) is 19.8 Å². The zero-order chi connectivity index (χ0) is 18.5. The standard InChI is InChI=1S/C21H27NO4/c1-2-3-13-22-19-11-9-18(10-12-19)21(23)26-17-15-24-14-16-25-20-7-5-4-6-8-20/h4-12,22H,2-3,13-17H2,1H3. The molecule has 5 heteroatoms. The van der Waals surface area contributed by atoms with Gasteiger partial charge in [-0.3, -0.25) is 0 Å². The fourth-order valence-electron chi connectivity index (χ4n) is 2.25. The average Bonchev–Trinajstić information content (AvgIpc) is 2.68. The van der Waals surface area contributed by atoms with Crippen LogP contribution in [0.5, 0.6) is 5.75 Å². The van der Waals surface area contributed by atoms with E-state index in [1.165, 1.54) is 0 Å². The molecule has 0 radical (unpaired) electrons. The van der Waals surface area contributed by atoms with Crippen LogP contribution in [-0.2, 0) is 9.47 Å². The lowest BCUT2D eigenvalue weighted by molar-refractivity contribution is 0.0273. The number of anilines is 1. The van der Waals surface area contributed by atoms with Crippen LogP contribution in [0.3, 0.4) is 0 Å². The van der Waals surface area contributed by atoms with E-state index in [9.17, 15) is 4.79 Å². The first kappa shape index (κ1) is 19.8. The molecule has 1 N–H and O–H groups in total. The van der Waals surface area contributed by atoms with Crippen LogP contribution in [0.2, 0.25) is 0 Å². The van der Waals surface area contributed by atoms with E-state index in [1.807, 2.05) is 42.5 Å². The number of hydrogen-bond acceptors (Lipinski definition) is 5. The van der Waals surface area contributed by atoms with Crippen LogP contribution in [0.25, 0.3) is 0 Å². The highest BCUT2D eigenvalue weighted by atomic mass is 16.6. The van der Waals surface area contributed by atoms with Crippen molar-refractivity contribution >= 4 is 11.7 Å². The summed E-state index contributed by atoms with van der Waals surface area (Å²) in [5.41, 5.74) is 1.55.